The van der Waals surface area contributed by atoms with Crippen LogP contribution in [0.4, 0.5) is 0 Å². The molecular weight excluding hydrogens is 452 g/mol. The van der Waals surface area contributed by atoms with Crippen molar-refractivity contribution in [1.29, 1.82) is 0 Å². The van der Waals surface area contributed by atoms with E-state index in [1.165, 1.54) is 73.0 Å². The van der Waals surface area contributed by atoms with Crippen LogP contribution in [0.2, 0.25) is 5.02 Å². The molecule has 2 aliphatic carbocycles. The van der Waals surface area contributed by atoms with Gasteiger partial charge in [-0.25, -0.2) is 9.97 Å². The summed E-state index contributed by atoms with van der Waals surface area (Å²) in [6, 6.07) is 6.05. The fourth-order valence-corrected chi connectivity index (χ4v) is 6.25. The quantitative estimate of drug-likeness (QED) is 0.335. The normalized spacial score (nSPS) is 20.2. The Kier molecular flexibility index (Phi) is 9.94. The predicted octanol–water partition coefficient (Wildman–Crippen LogP) is 8.29. The number of carbonyl (C=O) groups excluding carboxylic acids is 1. The Morgan fingerprint density at radius 1 is 1.03 bits per heavy atom. The van der Waals surface area contributed by atoms with Gasteiger partial charge in [-0.15, -0.1) is 0 Å². The average molecular weight is 493 g/mol. The SMILES string of the molecule is Cc1cc(Cl)ccc1CCCC(=O)CCCC1CCCC(Cc2ncnc3c2C=CCC3)CCC1. The third kappa shape index (κ3) is 8.00. The van der Waals surface area contributed by atoms with E-state index in [2.05, 4.69) is 35.1 Å². The summed E-state index contributed by atoms with van der Waals surface area (Å²) < 4.78 is 0. The molecule has 4 heteroatoms. The molecule has 0 unspecified atom stereocenters. The van der Waals surface area contributed by atoms with Gasteiger partial charge in [-0.1, -0.05) is 74.8 Å². The van der Waals surface area contributed by atoms with Crippen LogP contribution >= 0.6 is 11.6 Å². The van der Waals surface area contributed by atoms with Crippen LogP contribution in [-0.2, 0) is 24.1 Å². The molecule has 1 fully saturated rings. The van der Waals surface area contributed by atoms with Crippen molar-refractivity contribution in [2.45, 2.75) is 103 Å². The standard InChI is InChI=1S/C31H41ClN2O/c1-23-20-27(32)19-18-26(23)13-7-15-28(35)14-6-10-24-8-4-11-25(12-5-9-24)21-31-29-16-2-3-17-30(29)33-22-34-31/h2,16,18-20,22,24-25H,3-15,17,21H2,1H3. The van der Waals surface area contributed by atoms with Crippen LogP contribution in [0.1, 0.15) is 105 Å². The first-order valence-electron chi connectivity index (χ1n) is 13.8. The third-order valence-electron chi connectivity index (χ3n) is 8.09. The molecule has 0 amide bonds. The summed E-state index contributed by atoms with van der Waals surface area (Å²) in [7, 11) is 0. The van der Waals surface area contributed by atoms with Crippen LogP contribution in [-0.4, -0.2) is 15.8 Å². The van der Waals surface area contributed by atoms with Crippen molar-refractivity contribution >= 4 is 23.5 Å². The van der Waals surface area contributed by atoms with E-state index in [0.717, 1.165) is 61.8 Å². The van der Waals surface area contributed by atoms with Crippen LogP contribution in [0.5, 0.6) is 0 Å². The van der Waals surface area contributed by atoms with E-state index in [-0.39, 0.29) is 0 Å². The first kappa shape index (κ1) is 26.1. The van der Waals surface area contributed by atoms with Gasteiger partial charge in [0, 0.05) is 23.4 Å². The number of benzene rings is 1. The monoisotopic (exact) mass is 492 g/mol. The summed E-state index contributed by atoms with van der Waals surface area (Å²) in [6.45, 7) is 2.10. The lowest BCUT2D eigenvalue weighted by Gasteiger charge is -2.25. The fraction of sp³-hybridized carbons (Fsp3) is 0.581. The van der Waals surface area contributed by atoms with E-state index in [0.29, 0.717) is 12.2 Å². The summed E-state index contributed by atoms with van der Waals surface area (Å²) >= 11 is 6.04. The highest BCUT2D eigenvalue weighted by Crippen LogP contribution is 2.32. The Morgan fingerprint density at radius 3 is 2.60 bits per heavy atom. The van der Waals surface area contributed by atoms with Gasteiger partial charge in [0.05, 0.1) is 11.4 Å². The van der Waals surface area contributed by atoms with Crippen LogP contribution in [0.3, 0.4) is 0 Å². The zero-order valence-corrected chi connectivity index (χ0v) is 22.2. The lowest BCUT2D eigenvalue weighted by Crippen LogP contribution is -2.14. The van der Waals surface area contributed by atoms with Crippen LogP contribution in [0.25, 0.3) is 6.08 Å². The van der Waals surface area contributed by atoms with Gasteiger partial charge in [0.15, 0.2) is 0 Å². The Bertz CT molecular complexity index is 1010. The minimum absolute atomic E-state index is 0.435. The van der Waals surface area contributed by atoms with Gasteiger partial charge in [0.1, 0.15) is 12.1 Å². The van der Waals surface area contributed by atoms with Gasteiger partial charge in [-0.2, -0.15) is 0 Å². The minimum atomic E-state index is 0.435. The van der Waals surface area contributed by atoms with E-state index >= 15 is 0 Å². The minimum Gasteiger partial charge on any atom is -0.300 e. The lowest BCUT2D eigenvalue weighted by atomic mass is 9.81. The molecule has 0 radical (unpaired) electrons. The number of aromatic nitrogens is 2. The number of allylic oxidation sites excluding steroid dienone is 1. The van der Waals surface area contributed by atoms with Crippen LogP contribution in [0, 0.1) is 18.8 Å². The van der Waals surface area contributed by atoms with E-state index in [9.17, 15) is 4.79 Å². The Labute approximate surface area is 216 Å². The van der Waals surface area contributed by atoms with E-state index in [1.807, 2.05) is 12.1 Å². The maximum absolute atomic E-state index is 12.4. The maximum Gasteiger partial charge on any atom is 0.132 e. The number of fused-ring (bicyclic) bond motifs is 1. The number of nitrogens with zero attached hydrogens (tertiary/aromatic N) is 2. The van der Waals surface area contributed by atoms with E-state index in [1.54, 1.807) is 6.33 Å². The Morgan fingerprint density at radius 2 is 1.80 bits per heavy atom. The first-order valence-corrected chi connectivity index (χ1v) is 14.2. The van der Waals surface area contributed by atoms with Gasteiger partial charge in [0.2, 0.25) is 0 Å². The molecule has 3 nitrogen and oxygen atoms in total. The number of aryl methyl sites for hydroxylation is 3. The molecule has 0 N–H and O–H groups in total. The predicted molar refractivity (Wildman–Crippen MR) is 146 cm³/mol. The molecule has 1 aromatic carbocycles. The first-order chi connectivity index (χ1) is 17.1. The highest BCUT2D eigenvalue weighted by atomic mass is 35.5. The van der Waals surface area contributed by atoms with Gasteiger partial charge < -0.3 is 0 Å². The molecule has 1 aromatic heterocycles. The van der Waals surface area contributed by atoms with Crippen molar-refractivity contribution in [2.24, 2.45) is 11.8 Å². The maximum atomic E-state index is 12.4. The number of carbonyl (C=O) groups is 1. The molecule has 2 aliphatic rings. The number of hydrogen-bond donors (Lipinski definition) is 0. The van der Waals surface area contributed by atoms with Crippen LogP contribution < -0.4 is 0 Å². The molecule has 0 aliphatic heterocycles. The van der Waals surface area contributed by atoms with Crippen LogP contribution in [0.15, 0.2) is 30.6 Å². The third-order valence-corrected chi connectivity index (χ3v) is 8.32. The Balaban J connectivity index is 1.12. The molecule has 35 heavy (non-hydrogen) atoms. The molecule has 0 spiro atoms. The van der Waals surface area contributed by atoms with E-state index < -0.39 is 0 Å². The van der Waals surface area contributed by atoms with Crippen molar-refractivity contribution in [3.05, 3.63) is 63.7 Å². The molecule has 4 rings (SSSR count). The zero-order valence-electron chi connectivity index (χ0n) is 21.4. The van der Waals surface area contributed by atoms with Gasteiger partial charge in [-0.05, 0) is 80.5 Å². The lowest BCUT2D eigenvalue weighted by molar-refractivity contribution is -0.119. The molecule has 1 saturated carbocycles. The molecular formula is C31H41ClN2O. The summed E-state index contributed by atoms with van der Waals surface area (Å²) in [4.78, 5) is 21.6. The van der Waals surface area contributed by atoms with Gasteiger partial charge >= 0.3 is 0 Å². The van der Waals surface area contributed by atoms with Crippen molar-refractivity contribution in [3.8, 4) is 0 Å². The molecule has 0 saturated heterocycles. The molecule has 2 aromatic rings. The topological polar surface area (TPSA) is 42.9 Å². The summed E-state index contributed by atoms with van der Waals surface area (Å²) in [6.07, 6.45) is 23.1. The van der Waals surface area contributed by atoms with Crippen molar-refractivity contribution < 1.29 is 4.79 Å². The van der Waals surface area contributed by atoms with Gasteiger partial charge in [-0.3, -0.25) is 4.79 Å². The second kappa shape index (κ2) is 13.3. The molecule has 0 atom stereocenters. The molecule has 188 valence electrons. The largest absolute Gasteiger partial charge is 0.300 e. The Hall–Kier alpha value is -2.00. The highest BCUT2D eigenvalue weighted by Gasteiger charge is 2.20. The fourth-order valence-electron chi connectivity index (χ4n) is 6.02. The highest BCUT2D eigenvalue weighted by molar-refractivity contribution is 6.30. The zero-order chi connectivity index (χ0) is 24.5. The van der Waals surface area contributed by atoms with Gasteiger partial charge in [0.25, 0.3) is 0 Å². The molecule has 1 heterocycles. The number of ketones is 1. The second-order valence-electron chi connectivity index (χ2n) is 10.8. The summed E-state index contributed by atoms with van der Waals surface area (Å²) in [5, 5.41) is 0.786. The molecule has 0 bridgehead atoms. The van der Waals surface area contributed by atoms with Crippen molar-refractivity contribution in [1.82, 2.24) is 9.97 Å². The second-order valence-corrected chi connectivity index (χ2v) is 11.2. The number of hydrogen-bond acceptors (Lipinski definition) is 3. The number of halogens is 1. The summed E-state index contributed by atoms with van der Waals surface area (Å²) in [5.74, 6) is 1.98. The number of Topliss-reactive ketones (excluding diaryl/α,β-unsaturated/α-hetero) is 1. The average Bonchev–Trinajstić information content (AvgIpc) is 2.83. The van der Waals surface area contributed by atoms with Crippen molar-refractivity contribution in [2.75, 3.05) is 0 Å². The number of rotatable bonds is 10. The van der Waals surface area contributed by atoms with E-state index in [4.69, 9.17) is 11.6 Å². The summed E-state index contributed by atoms with van der Waals surface area (Å²) in [5.41, 5.74) is 6.33. The van der Waals surface area contributed by atoms with Crippen molar-refractivity contribution in [3.63, 3.8) is 0 Å². The smallest absolute Gasteiger partial charge is 0.132 e.